The molecule has 0 atom stereocenters. The van der Waals surface area contributed by atoms with Gasteiger partial charge in [-0.05, 0) is 24.3 Å². The molecule has 0 fully saturated rings. The molecule has 0 saturated heterocycles. The van der Waals surface area contributed by atoms with Crippen molar-refractivity contribution in [3.05, 3.63) is 101 Å². The Labute approximate surface area is 280 Å². The fraction of sp³-hybridized carbons (Fsp3) is 0.125. The lowest BCUT2D eigenvalue weighted by molar-refractivity contribution is -0.145. The van der Waals surface area contributed by atoms with Gasteiger partial charge in [-0.1, -0.05) is 0 Å². The average molecular weight is 728 g/mol. The number of halogens is 12. The molecule has 0 heterocycles. The van der Waals surface area contributed by atoms with E-state index in [0.29, 0.717) is 24.3 Å². The van der Waals surface area contributed by atoms with Crippen LogP contribution in [0.2, 0.25) is 0 Å². The van der Waals surface area contributed by atoms with Crippen molar-refractivity contribution >= 4 is 11.1 Å². The van der Waals surface area contributed by atoms with Gasteiger partial charge in [0, 0.05) is 21.6 Å². The molecule has 0 amide bonds. The highest BCUT2D eigenvalue weighted by Gasteiger charge is 2.46. The summed E-state index contributed by atoms with van der Waals surface area (Å²) in [6, 6.07) is 8.68. The summed E-state index contributed by atoms with van der Waals surface area (Å²) in [6.07, 6.45) is -23.1. The predicted octanol–water partition coefficient (Wildman–Crippen LogP) is 6.44. The van der Waals surface area contributed by atoms with E-state index in [2.05, 4.69) is 0 Å². The molecule has 52 heavy (non-hydrogen) atoms. The van der Waals surface area contributed by atoms with E-state index in [9.17, 15) is 94.8 Å². The van der Waals surface area contributed by atoms with E-state index in [0.717, 1.165) is 12.1 Å². The molecule has 20 heteroatoms. The maximum atomic E-state index is 14.0. The van der Waals surface area contributed by atoms with Gasteiger partial charge in [0.25, 0.3) is 0 Å². The number of benzene rings is 3. The average Bonchev–Trinajstić information content (AvgIpc) is 3.05. The van der Waals surface area contributed by atoms with Crippen LogP contribution in [0.5, 0.6) is 0 Å². The van der Waals surface area contributed by atoms with Gasteiger partial charge in [-0.25, -0.2) is 0 Å². The zero-order valence-electron chi connectivity index (χ0n) is 24.4. The molecule has 3 rings (SSSR count). The molecule has 0 aromatic heterocycles. The number of hydrogen-bond acceptors (Lipinski definition) is 8. The van der Waals surface area contributed by atoms with Gasteiger partial charge >= 0.3 is 24.7 Å². The minimum atomic E-state index is -5.84. The third kappa shape index (κ3) is 6.70. The maximum absolute atomic E-state index is 14.0. The summed E-state index contributed by atoms with van der Waals surface area (Å²) in [5.74, 6) is 0. The summed E-state index contributed by atoms with van der Waals surface area (Å²) < 4.78 is 168. The standard InChI is InChI=1S/C32H4F12N8/c33-29(34,35)25-3-17(21(9-49)27(23(25)11-51)31(39,40)41)19(7-47)15-1-13(5-45)16(2-14(15)6-46)20(8-48)18-4-26(30(36,37)38)24(12-52)28(22(18)10-50)32(42,43)44/h1-4H/b19-15-,20-16+. The van der Waals surface area contributed by atoms with Crippen LogP contribution in [0.1, 0.15) is 66.8 Å². The van der Waals surface area contributed by atoms with Crippen molar-refractivity contribution in [2.45, 2.75) is 24.7 Å². The Morgan fingerprint density at radius 3 is 0.865 bits per heavy atom. The molecule has 0 N–H and O–H groups in total. The molecule has 0 radical (unpaired) electrons. The summed E-state index contributed by atoms with van der Waals surface area (Å²) >= 11 is 0. The van der Waals surface area contributed by atoms with E-state index < -0.39 is 113 Å². The number of hydrogen-bond donors (Lipinski definition) is 0. The fourth-order valence-electron chi connectivity index (χ4n) is 4.97. The van der Waals surface area contributed by atoms with Crippen molar-refractivity contribution in [1.29, 1.82) is 42.1 Å². The lowest BCUT2D eigenvalue weighted by atomic mass is 9.86. The first kappa shape index (κ1) is 38.9. The van der Waals surface area contributed by atoms with Gasteiger partial charge in [-0.15, -0.1) is 0 Å². The third-order valence-corrected chi connectivity index (χ3v) is 6.98. The molecule has 0 spiro atoms. The lowest BCUT2D eigenvalue weighted by Gasteiger charge is -2.19. The fourth-order valence-corrected chi connectivity index (χ4v) is 4.97. The Morgan fingerprint density at radius 1 is 0.385 bits per heavy atom. The van der Waals surface area contributed by atoms with Crippen molar-refractivity contribution in [3.63, 3.8) is 0 Å². The topological polar surface area (TPSA) is 190 Å². The Kier molecular flexibility index (Phi) is 10.0. The molecule has 0 aliphatic carbocycles. The predicted molar refractivity (Wildman–Crippen MR) is 143 cm³/mol. The van der Waals surface area contributed by atoms with Gasteiger partial charge in [-0.3, -0.25) is 0 Å². The number of alkyl halides is 12. The van der Waals surface area contributed by atoms with Crippen molar-refractivity contribution < 1.29 is 52.7 Å². The summed E-state index contributed by atoms with van der Waals surface area (Å²) in [7, 11) is 0. The van der Waals surface area contributed by atoms with E-state index >= 15 is 0 Å². The Hall–Kier alpha value is -7.52. The molecule has 256 valence electrons. The van der Waals surface area contributed by atoms with Crippen molar-refractivity contribution in [1.82, 2.24) is 0 Å². The van der Waals surface area contributed by atoms with E-state index in [4.69, 9.17) is 0 Å². The quantitative estimate of drug-likeness (QED) is 0.269. The van der Waals surface area contributed by atoms with Gasteiger partial charge in [0.05, 0.1) is 78.9 Å². The van der Waals surface area contributed by atoms with Crippen LogP contribution in [0.15, 0.2) is 24.3 Å². The highest BCUT2D eigenvalue weighted by Crippen LogP contribution is 2.45. The van der Waals surface area contributed by atoms with Crippen LogP contribution >= 0.6 is 0 Å². The van der Waals surface area contributed by atoms with Crippen LogP contribution in [0.25, 0.3) is 11.1 Å². The van der Waals surface area contributed by atoms with Gasteiger partial charge in [-0.2, -0.15) is 94.8 Å². The van der Waals surface area contributed by atoms with Crippen LogP contribution in [0, 0.1) is 90.6 Å². The van der Waals surface area contributed by atoms with Crippen molar-refractivity contribution in [2.75, 3.05) is 0 Å². The Bertz CT molecular complexity index is 2370. The van der Waals surface area contributed by atoms with E-state index in [-0.39, 0.29) is 12.1 Å². The van der Waals surface area contributed by atoms with Crippen LogP contribution in [-0.2, 0) is 24.7 Å². The van der Waals surface area contributed by atoms with Gasteiger partial charge in [0.2, 0.25) is 0 Å². The van der Waals surface area contributed by atoms with Gasteiger partial charge < -0.3 is 0 Å². The summed E-state index contributed by atoms with van der Waals surface area (Å²) in [4.78, 5) is 0. The molecule has 0 unspecified atom stereocenters. The maximum Gasteiger partial charge on any atom is 0.419 e. The van der Waals surface area contributed by atoms with E-state index in [1.165, 1.54) is 24.3 Å². The Morgan fingerprint density at radius 2 is 0.673 bits per heavy atom. The van der Waals surface area contributed by atoms with E-state index in [1.54, 1.807) is 0 Å². The molecule has 0 aliphatic rings. The highest BCUT2D eigenvalue weighted by molar-refractivity contribution is 5.86. The first-order chi connectivity index (χ1) is 24.0. The second-order valence-corrected chi connectivity index (χ2v) is 9.77. The van der Waals surface area contributed by atoms with Crippen molar-refractivity contribution in [2.24, 2.45) is 0 Å². The first-order valence-corrected chi connectivity index (χ1v) is 12.9. The minimum absolute atomic E-state index is 0.188. The minimum Gasteiger partial charge on any atom is -0.192 e. The van der Waals surface area contributed by atoms with E-state index in [1.807, 2.05) is 0 Å². The molecular weight excluding hydrogens is 724 g/mol. The summed E-state index contributed by atoms with van der Waals surface area (Å²) in [5.41, 5.74) is -24.7. The monoisotopic (exact) mass is 728 g/mol. The smallest absolute Gasteiger partial charge is 0.192 e. The first-order valence-electron chi connectivity index (χ1n) is 12.9. The third-order valence-electron chi connectivity index (χ3n) is 6.98. The van der Waals surface area contributed by atoms with Crippen LogP contribution < -0.4 is 10.4 Å². The molecule has 3 aromatic rings. The Balaban J connectivity index is 2.81. The molecule has 0 saturated carbocycles. The largest absolute Gasteiger partial charge is 0.419 e. The van der Waals surface area contributed by atoms with Crippen molar-refractivity contribution in [3.8, 4) is 48.6 Å². The number of nitrogens with zero attached hydrogens (tertiary/aromatic N) is 8. The molecular formula is C32H4F12N8. The van der Waals surface area contributed by atoms with Crippen LogP contribution in [-0.4, -0.2) is 0 Å². The normalized spacial score (nSPS) is 12.7. The number of rotatable bonds is 2. The second kappa shape index (κ2) is 13.4. The summed E-state index contributed by atoms with van der Waals surface area (Å²) in [6.45, 7) is 0. The molecule has 8 nitrogen and oxygen atoms in total. The zero-order valence-corrected chi connectivity index (χ0v) is 24.4. The van der Waals surface area contributed by atoms with Crippen LogP contribution in [0.4, 0.5) is 52.7 Å². The van der Waals surface area contributed by atoms with Gasteiger partial charge in [0.15, 0.2) is 0 Å². The van der Waals surface area contributed by atoms with Crippen LogP contribution in [0.3, 0.4) is 0 Å². The highest BCUT2D eigenvalue weighted by atomic mass is 19.4. The lowest BCUT2D eigenvalue weighted by Crippen LogP contribution is -2.24. The zero-order chi connectivity index (χ0) is 39.7. The van der Waals surface area contributed by atoms with Gasteiger partial charge in [0.1, 0.15) is 36.4 Å². The second-order valence-electron chi connectivity index (χ2n) is 9.77. The molecule has 0 bridgehead atoms. The SMILES string of the molecule is N#C/C(c1cc(C(F)(F)F)c(C#N)c(C(F)(F)F)c1C#N)=c1/cc(C#N)/c(=C(/C#N)c2cc(C(F)(F)F)c(C#N)c(C(F)(F)F)c2C#N)cc1C#N. The summed E-state index contributed by atoms with van der Waals surface area (Å²) in [5, 5.41) is 75.1. The molecule has 3 aromatic carbocycles. The molecule has 0 aliphatic heterocycles. The number of nitriles is 8.